The molecule has 3 rings (SSSR count). The van der Waals surface area contributed by atoms with E-state index in [1.165, 1.54) is 0 Å². The lowest BCUT2D eigenvalue weighted by atomic mass is 10.1. The summed E-state index contributed by atoms with van der Waals surface area (Å²) in [5.74, 6) is 0.260. The molecule has 1 N–H and O–H groups in total. The highest BCUT2D eigenvalue weighted by atomic mass is 16.5. The number of nitrogens with zero attached hydrogens (tertiary/aromatic N) is 3. The lowest BCUT2D eigenvalue weighted by molar-refractivity contribution is -0.144. The van der Waals surface area contributed by atoms with Gasteiger partial charge in [0.2, 0.25) is 5.91 Å². The highest BCUT2D eigenvalue weighted by Gasteiger charge is 2.30. The number of hydrogen-bond acceptors (Lipinski definition) is 5. The molecule has 120 valence electrons. The maximum Gasteiger partial charge on any atom is 0.236 e. The number of morpholine rings is 1. The van der Waals surface area contributed by atoms with Gasteiger partial charge in [-0.15, -0.1) is 0 Å². The van der Waals surface area contributed by atoms with Crippen LogP contribution in [-0.2, 0) is 9.53 Å². The second kappa shape index (κ2) is 6.60. The SMILES string of the molecule is CC1CN(C(=O)CN2CCN(C3CNC3)CC2)CC(C)O1. The van der Waals surface area contributed by atoms with E-state index >= 15 is 0 Å². The van der Waals surface area contributed by atoms with Crippen molar-refractivity contribution in [2.24, 2.45) is 0 Å². The lowest BCUT2D eigenvalue weighted by Crippen LogP contribution is -2.62. The first-order chi connectivity index (χ1) is 10.1. The standard InChI is InChI=1S/C15H28N4O2/c1-12-9-19(10-13(2)21-12)15(20)11-17-3-5-18(6-4-17)14-7-16-8-14/h12-14,16H,3-11H2,1-2H3. The van der Waals surface area contributed by atoms with Crippen LogP contribution in [0.5, 0.6) is 0 Å². The number of rotatable bonds is 3. The van der Waals surface area contributed by atoms with Crippen molar-refractivity contribution in [3.05, 3.63) is 0 Å². The summed E-state index contributed by atoms with van der Waals surface area (Å²) in [6.07, 6.45) is 0.307. The molecule has 3 aliphatic heterocycles. The zero-order chi connectivity index (χ0) is 14.8. The summed E-state index contributed by atoms with van der Waals surface area (Å²) in [7, 11) is 0. The van der Waals surface area contributed by atoms with Gasteiger partial charge in [0.05, 0.1) is 18.8 Å². The van der Waals surface area contributed by atoms with Crippen molar-refractivity contribution >= 4 is 5.91 Å². The molecule has 3 heterocycles. The largest absolute Gasteiger partial charge is 0.372 e. The third-order valence-electron chi connectivity index (χ3n) is 4.81. The predicted octanol–water partition coefficient (Wildman–Crippen LogP) is -0.788. The zero-order valence-electron chi connectivity index (χ0n) is 13.3. The third kappa shape index (κ3) is 3.74. The molecule has 0 spiro atoms. The Morgan fingerprint density at radius 2 is 1.71 bits per heavy atom. The second-order valence-electron chi connectivity index (χ2n) is 6.68. The summed E-state index contributed by atoms with van der Waals surface area (Å²) in [5.41, 5.74) is 0. The molecule has 0 aromatic carbocycles. The van der Waals surface area contributed by atoms with Crippen LogP contribution in [0.1, 0.15) is 13.8 Å². The maximum atomic E-state index is 12.4. The van der Waals surface area contributed by atoms with Crippen LogP contribution in [0.3, 0.4) is 0 Å². The van der Waals surface area contributed by atoms with E-state index in [4.69, 9.17) is 4.74 Å². The first kappa shape index (κ1) is 15.2. The average Bonchev–Trinajstić information content (AvgIpc) is 2.38. The van der Waals surface area contributed by atoms with Gasteiger partial charge in [0.25, 0.3) is 0 Å². The summed E-state index contributed by atoms with van der Waals surface area (Å²) in [5, 5.41) is 3.33. The van der Waals surface area contributed by atoms with Crippen molar-refractivity contribution in [2.75, 3.05) is 58.9 Å². The van der Waals surface area contributed by atoms with Gasteiger partial charge in [-0.3, -0.25) is 14.6 Å². The summed E-state index contributed by atoms with van der Waals surface area (Å²) in [6.45, 7) is 12.6. The zero-order valence-corrected chi connectivity index (χ0v) is 13.3. The fraction of sp³-hybridized carbons (Fsp3) is 0.933. The minimum Gasteiger partial charge on any atom is -0.372 e. The summed E-state index contributed by atoms with van der Waals surface area (Å²) in [6, 6.07) is 0.726. The molecule has 6 heteroatoms. The van der Waals surface area contributed by atoms with E-state index in [2.05, 4.69) is 15.1 Å². The number of carbonyl (C=O) groups excluding carboxylic acids is 1. The molecule has 6 nitrogen and oxygen atoms in total. The number of piperazine rings is 1. The van der Waals surface area contributed by atoms with Crippen LogP contribution in [0.25, 0.3) is 0 Å². The van der Waals surface area contributed by atoms with Gasteiger partial charge in [-0.1, -0.05) is 0 Å². The first-order valence-corrected chi connectivity index (χ1v) is 8.22. The fourth-order valence-electron chi connectivity index (χ4n) is 3.49. The second-order valence-corrected chi connectivity index (χ2v) is 6.68. The van der Waals surface area contributed by atoms with Crippen molar-refractivity contribution in [3.63, 3.8) is 0 Å². The highest BCUT2D eigenvalue weighted by Crippen LogP contribution is 2.13. The summed E-state index contributed by atoms with van der Waals surface area (Å²) in [4.78, 5) is 19.3. The monoisotopic (exact) mass is 296 g/mol. The molecule has 1 amide bonds. The van der Waals surface area contributed by atoms with Crippen LogP contribution >= 0.6 is 0 Å². The van der Waals surface area contributed by atoms with Crippen molar-refractivity contribution in [1.29, 1.82) is 0 Å². The molecule has 2 atom stereocenters. The van der Waals surface area contributed by atoms with Gasteiger partial charge < -0.3 is 15.0 Å². The third-order valence-corrected chi connectivity index (χ3v) is 4.81. The molecule has 0 aliphatic carbocycles. The van der Waals surface area contributed by atoms with Crippen LogP contribution in [0.2, 0.25) is 0 Å². The van der Waals surface area contributed by atoms with E-state index in [9.17, 15) is 4.79 Å². The first-order valence-electron chi connectivity index (χ1n) is 8.22. The minimum atomic E-state index is 0.153. The van der Waals surface area contributed by atoms with Crippen LogP contribution in [-0.4, -0.2) is 97.8 Å². The molecular weight excluding hydrogens is 268 g/mol. The van der Waals surface area contributed by atoms with E-state index in [0.29, 0.717) is 6.54 Å². The van der Waals surface area contributed by atoms with Gasteiger partial charge in [0.1, 0.15) is 0 Å². The minimum absolute atomic E-state index is 0.153. The van der Waals surface area contributed by atoms with Crippen LogP contribution < -0.4 is 5.32 Å². The van der Waals surface area contributed by atoms with Gasteiger partial charge in [0, 0.05) is 58.4 Å². The Bertz CT molecular complexity index is 357. The number of carbonyl (C=O) groups is 1. The van der Waals surface area contributed by atoms with E-state index in [1.807, 2.05) is 18.7 Å². The predicted molar refractivity (Wildman–Crippen MR) is 81.3 cm³/mol. The Balaban J connectivity index is 1.43. The van der Waals surface area contributed by atoms with Gasteiger partial charge in [-0.05, 0) is 13.8 Å². The van der Waals surface area contributed by atoms with Crippen LogP contribution in [0.4, 0.5) is 0 Å². The Kier molecular flexibility index (Phi) is 4.78. The van der Waals surface area contributed by atoms with Crippen molar-refractivity contribution < 1.29 is 9.53 Å². The molecule has 2 unspecified atom stereocenters. The molecule has 3 aliphatic rings. The van der Waals surface area contributed by atoms with Gasteiger partial charge in [-0.2, -0.15) is 0 Å². The number of amides is 1. The summed E-state index contributed by atoms with van der Waals surface area (Å²) < 4.78 is 5.70. The van der Waals surface area contributed by atoms with Crippen LogP contribution in [0.15, 0.2) is 0 Å². The normalized spacial score (nSPS) is 33.0. The fourth-order valence-corrected chi connectivity index (χ4v) is 3.49. The summed E-state index contributed by atoms with van der Waals surface area (Å²) >= 11 is 0. The molecule has 0 radical (unpaired) electrons. The molecule has 3 fully saturated rings. The van der Waals surface area contributed by atoms with Crippen molar-refractivity contribution in [1.82, 2.24) is 20.0 Å². The van der Waals surface area contributed by atoms with Gasteiger partial charge in [-0.25, -0.2) is 0 Å². The topological polar surface area (TPSA) is 48.1 Å². The molecule has 21 heavy (non-hydrogen) atoms. The van der Waals surface area contributed by atoms with E-state index in [1.54, 1.807) is 0 Å². The smallest absolute Gasteiger partial charge is 0.236 e. The van der Waals surface area contributed by atoms with Gasteiger partial charge >= 0.3 is 0 Å². The molecule has 0 saturated carbocycles. The highest BCUT2D eigenvalue weighted by molar-refractivity contribution is 5.78. The van der Waals surface area contributed by atoms with E-state index < -0.39 is 0 Å². The maximum absolute atomic E-state index is 12.4. The Hall–Kier alpha value is -0.690. The molecule has 0 bridgehead atoms. The van der Waals surface area contributed by atoms with Crippen molar-refractivity contribution in [3.8, 4) is 0 Å². The Morgan fingerprint density at radius 3 is 2.24 bits per heavy atom. The lowest BCUT2D eigenvalue weighted by Gasteiger charge is -2.43. The number of hydrogen-bond donors (Lipinski definition) is 1. The average molecular weight is 296 g/mol. The molecule has 0 aromatic rings. The quantitative estimate of drug-likeness (QED) is 0.740. The number of nitrogens with one attached hydrogen (secondary N) is 1. The Labute approximate surface area is 127 Å². The van der Waals surface area contributed by atoms with Gasteiger partial charge in [0.15, 0.2) is 0 Å². The van der Waals surface area contributed by atoms with E-state index in [0.717, 1.165) is 58.4 Å². The number of ether oxygens (including phenoxy) is 1. The molecule has 0 aromatic heterocycles. The molecular formula is C15H28N4O2. The Morgan fingerprint density at radius 1 is 1.10 bits per heavy atom. The van der Waals surface area contributed by atoms with Crippen LogP contribution in [0, 0.1) is 0 Å². The van der Waals surface area contributed by atoms with E-state index in [-0.39, 0.29) is 18.1 Å². The van der Waals surface area contributed by atoms with Crippen molar-refractivity contribution in [2.45, 2.75) is 32.1 Å². The molecule has 3 saturated heterocycles.